The molecule has 98 valence electrons. The third-order valence-electron chi connectivity index (χ3n) is 2.75. The standard InChI is InChI=1S/C15H16N2O2/c1-17(13-8-4-3-5-9-13)16-11-12-7-6-10-14(19-2)15(12)18/h3-11,18H,1-2H3/b16-11+. The topological polar surface area (TPSA) is 45.1 Å². The lowest BCUT2D eigenvalue weighted by Crippen LogP contribution is -2.08. The third kappa shape index (κ3) is 3.04. The molecule has 2 aromatic carbocycles. The highest BCUT2D eigenvalue weighted by molar-refractivity contribution is 5.85. The second-order valence-corrected chi connectivity index (χ2v) is 4.00. The summed E-state index contributed by atoms with van der Waals surface area (Å²) in [5.41, 5.74) is 1.59. The van der Waals surface area contributed by atoms with Crippen LogP contribution in [0.3, 0.4) is 0 Å². The average molecular weight is 256 g/mol. The molecule has 0 heterocycles. The van der Waals surface area contributed by atoms with Crippen molar-refractivity contribution in [3.8, 4) is 11.5 Å². The summed E-state index contributed by atoms with van der Waals surface area (Å²) in [6, 6.07) is 15.1. The van der Waals surface area contributed by atoms with Gasteiger partial charge in [0, 0.05) is 12.6 Å². The minimum Gasteiger partial charge on any atom is -0.504 e. The fourth-order valence-corrected chi connectivity index (χ4v) is 1.67. The number of hydrogen-bond acceptors (Lipinski definition) is 4. The van der Waals surface area contributed by atoms with Gasteiger partial charge in [0.2, 0.25) is 0 Å². The Morgan fingerprint density at radius 2 is 1.84 bits per heavy atom. The van der Waals surface area contributed by atoms with Crippen molar-refractivity contribution in [3.63, 3.8) is 0 Å². The van der Waals surface area contributed by atoms with Gasteiger partial charge in [-0.05, 0) is 24.3 Å². The van der Waals surface area contributed by atoms with Gasteiger partial charge >= 0.3 is 0 Å². The molecule has 0 saturated heterocycles. The van der Waals surface area contributed by atoms with Crippen molar-refractivity contribution in [3.05, 3.63) is 54.1 Å². The van der Waals surface area contributed by atoms with Gasteiger partial charge in [0.25, 0.3) is 0 Å². The molecule has 4 heteroatoms. The normalized spacial score (nSPS) is 10.6. The molecule has 0 aliphatic heterocycles. The van der Waals surface area contributed by atoms with E-state index in [1.54, 1.807) is 23.4 Å². The Morgan fingerprint density at radius 3 is 2.53 bits per heavy atom. The molecule has 2 aromatic rings. The second-order valence-electron chi connectivity index (χ2n) is 4.00. The molecule has 0 bridgehead atoms. The van der Waals surface area contributed by atoms with Crippen LogP contribution in [0.5, 0.6) is 11.5 Å². The van der Waals surface area contributed by atoms with Crippen LogP contribution in [0.15, 0.2) is 53.6 Å². The van der Waals surface area contributed by atoms with E-state index in [1.807, 2.05) is 43.4 Å². The highest BCUT2D eigenvalue weighted by Crippen LogP contribution is 2.28. The maximum absolute atomic E-state index is 9.94. The van der Waals surface area contributed by atoms with Crippen LogP contribution in [-0.4, -0.2) is 25.5 Å². The molecule has 2 rings (SSSR count). The van der Waals surface area contributed by atoms with Gasteiger partial charge < -0.3 is 9.84 Å². The zero-order valence-corrected chi connectivity index (χ0v) is 10.9. The quantitative estimate of drug-likeness (QED) is 0.675. The molecule has 0 aliphatic rings. The summed E-state index contributed by atoms with van der Waals surface area (Å²) in [5, 5.41) is 16.0. The number of aromatic hydroxyl groups is 1. The third-order valence-corrected chi connectivity index (χ3v) is 2.75. The Balaban J connectivity index is 2.19. The zero-order valence-electron chi connectivity index (χ0n) is 10.9. The van der Waals surface area contributed by atoms with E-state index in [2.05, 4.69) is 5.10 Å². The van der Waals surface area contributed by atoms with Crippen molar-refractivity contribution in [1.82, 2.24) is 0 Å². The van der Waals surface area contributed by atoms with Gasteiger partial charge in [-0.2, -0.15) is 5.10 Å². The summed E-state index contributed by atoms with van der Waals surface area (Å²) in [6.07, 6.45) is 1.60. The Hall–Kier alpha value is -2.49. The second kappa shape index (κ2) is 5.91. The maximum Gasteiger partial charge on any atom is 0.166 e. The van der Waals surface area contributed by atoms with Crippen LogP contribution in [0.1, 0.15) is 5.56 Å². The average Bonchev–Trinajstić information content (AvgIpc) is 2.47. The molecule has 0 aliphatic carbocycles. The van der Waals surface area contributed by atoms with Crippen LogP contribution in [0.2, 0.25) is 0 Å². The largest absolute Gasteiger partial charge is 0.504 e. The molecule has 0 saturated carbocycles. The van der Waals surface area contributed by atoms with E-state index >= 15 is 0 Å². The van der Waals surface area contributed by atoms with Gasteiger partial charge in [-0.15, -0.1) is 0 Å². The predicted molar refractivity (Wildman–Crippen MR) is 77.1 cm³/mol. The summed E-state index contributed by atoms with van der Waals surface area (Å²) < 4.78 is 5.05. The molecule has 0 aromatic heterocycles. The number of nitrogens with zero attached hydrogens (tertiary/aromatic N) is 2. The summed E-state index contributed by atoms with van der Waals surface area (Å²) in [6.45, 7) is 0. The van der Waals surface area contributed by atoms with Crippen LogP contribution < -0.4 is 9.75 Å². The van der Waals surface area contributed by atoms with Gasteiger partial charge in [0.1, 0.15) is 0 Å². The van der Waals surface area contributed by atoms with Crippen LogP contribution in [0, 0.1) is 0 Å². The fraction of sp³-hybridized carbons (Fsp3) is 0.133. The van der Waals surface area contributed by atoms with Crippen molar-refractivity contribution in [2.45, 2.75) is 0 Å². The van der Waals surface area contributed by atoms with Crippen molar-refractivity contribution in [2.75, 3.05) is 19.2 Å². The number of methoxy groups -OCH3 is 1. The van der Waals surface area contributed by atoms with E-state index in [4.69, 9.17) is 4.74 Å². The van der Waals surface area contributed by atoms with Gasteiger partial charge in [0.15, 0.2) is 11.5 Å². The van der Waals surface area contributed by atoms with Crippen LogP contribution >= 0.6 is 0 Å². The minimum atomic E-state index is 0.0928. The van der Waals surface area contributed by atoms with Crippen molar-refractivity contribution in [2.24, 2.45) is 5.10 Å². The van der Waals surface area contributed by atoms with Crippen molar-refractivity contribution < 1.29 is 9.84 Å². The number of para-hydroxylation sites is 2. The first-order chi connectivity index (χ1) is 9.22. The molecule has 0 radical (unpaired) electrons. The van der Waals surface area contributed by atoms with E-state index in [0.717, 1.165) is 5.69 Å². The number of phenols is 1. The first kappa shape index (κ1) is 13.0. The number of phenolic OH excluding ortho intramolecular Hbond substituents is 1. The highest BCUT2D eigenvalue weighted by atomic mass is 16.5. The first-order valence-electron chi connectivity index (χ1n) is 5.91. The lowest BCUT2D eigenvalue weighted by molar-refractivity contribution is 0.373. The van der Waals surface area contributed by atoms with Gasteiger partial charge in [0.05, 0.1) is 19.0 Å². The Bertz CT molecular complexity index is 568. The predicted octanol–water partition coefficient (Wildman–Crippen LogP) is 2.87. The maximum atomic E-state index is 9.94. The summed E-state index contributed by atoms with van der Waals surface area (Å²) in [4.78, 5) is 0. The number of rotatable bonds is 4. The van der Waals surface area contributed by atoms with E-state index in [1.165, 1.54) is 7.11 Å². The molecule has 0 unspecified atom stereocenters. The van der Waals surface area contributed by atoms with Crippen molar-refractivity contribution >= 4 is 11.9 Å². The molecule has 4 nitrogen and oxygen atoms in total. The van der Waals surface area contributed by atoms with E-state index in [9.17, 15) is 5.11 Å². The minimum absolute atomic E-state index is 0.0928. The molecule has 0 atom stereocenters. The lowest BCUT2D eigenvalue weighted by atomic mass is 10.2. The SMILES string of the molecule is COc1cccc(/C=N/N(C)c2ccccc2)c1O. The van der Waals surface area contributed by atoms with Gasteiger partial charge in [-0.25, -0.2) is 0 Å². The highest BCUT2D eigenvalue weighted by Gasteiger charge is 2.05. The zero-order chi connectivity index (χ0) is 13.7. The molecule has 19 heavy (non-hydrogen) atoms. The Morgan fingerprint density at radius 1 is 1.11 bits per heavy atom. The molecule has 0 amide bonds. The van der Waals surface area contributed by atoms with Crippen LogP contribution in [0.25, 0.3) is 0 Å². The number of hydrazone groups is 1. The molecule has 1 N–H and O–H groups in total. The van der Waals surface area contributed by atoms with E-state index in [-0.39, 0.29) is 5.75 Å². The number of ether oxygens (including phenoxy) is 1. The number of benzene rings is 2. The number of hydrogen-bond donors (Lipinski definition) is 1. The first-order valence-corrected chi connectivity index (χ1v) is 5.91. The lowest BCUT2D eigenvalue weighted by Gasteiger charge is -2.12. The monoisotopic (exact) mass is 256 g/mol. The summed E-state index contributed by atoms with van der Waals surface area (Å²) in [7, 11) is 3.37. The van der Waals surface area contributed by atoms with Gasteiger partial charge in [-0.3, -0.25) is 5.01 Å². The number of anilines is 1. The summed E-state index contributed by atoms with van der Waals surface area (Å²) >= 11 is 0. The molecule has 0 spiro atoms. The van der Waals surface area contributed by atoms with Crippen molar-refractivity contribution in [1.29, 1.82) is 0 Å². The van der Waals surface area contributed by atoms with Crippen LogP contribution in [-0.2, 0) is 0 Å². The van der Waals surface area contributed by atoms with E-state index < -0.39 is 0 Å². The molecule has 0 fully saturated rings. The molecular formula is C15H16N2O2. The Labute approximate surface area is 112 Å². The van der Waals surface area contributed by atoms with Gasteiger partial charge in [-0.1, -0.05) is 24.3 Å². The van der Waals surface area contributed by atoms with E-state index in [0.29, 0.717) is 11.3 Å². The smallest absolute Gasteiger partial charge is 0.166 e. The van der Waals surface area contributed by atoms with Crippen LogP contribution in [0.4, 0.5) is 5.69 Å². The summed E-state index contributed by atoms with van der Waals surface area (Å²) in [5.74, 6) is 0.529. The fourth-order valence-electron chi connectivity index (χ4n) is 1.67. The molecular weight excluding hydrogens is 240 g/mol. The Kier molecular flexibility index (Phi) is 4.03.